The van der Waals surface area contributed by atoms with Gasteiger partial charge in [-0.25, -0.2) is 0 Å². The van der Waals surface area contributed by atoms with Crippen LogP contribution in [0.15, 0.2) is 30.5 Å². The predicted molar refractivity (Wildman–Crippen MR) is 97.4 cm³/mol. The number of benzene rings is 1. The van der Waals surface area contributed by atoms with Gasteiger partial charge in [-0.15, -0.1) is 0 Å². The van der Waals surface area contributed by atoms with Crippen molar-refractivity contribution in [1.82, 2.24) is 14.8 Å². The average molecular weight is 345 g/mol. The second kappa shape index (κ2) is 7.56. The van der Waals surface area contributed by atoms with Gasteiger partial charge in [0, 0.05) is 57.9 Å². The number of carbonyl (C=O) groups excluding carboxylic acids is 1. The van der Waals surface area contributed by atoms with E-state index in [9.17, 15) is 4.79 Å². The van der Waals surface area contributed by atoms with E-state index in [1.807, 2.05) is 6.20 Å². The Hall–Kier alpha value is -1.89. The van der Waals surface area contributed by atoms with Crippen molar-refractivity contribution < 1.29 is 14.3 Å². The van der Waals surface area contributed by atoms with E-state index >= 15 is 0 Å². The summed E-state index contributed by atoms with van der Waals surface area (Å²) < 4.78 is 11.4. The van der Waals surface area contributed by atoms with Gasteiger partial charge >= 0.3 is 0 Å². The van der Waals surface area contributed by atoms with E-state index in [0.717, 1.165) is 18.6 Å². The fraction of sp³-hybridized carbons (Fsp3) is 0.526. The Morgan fingerprint density at radius 3 is 3.00 bits per heavy atom. The van der Waals surface area contributed by atoms with Gasteiger partial charge in [0.2, 0.25) is 5.91 Å². The molecule has 0 radical (unpaired) electrons. The number of amides is 1. The molecule has 1 N–H and O–H groups in total. The van der Waals surface area contributed by atoms with Crippen molar-refractivity contribution in [2.75, 3.05) is 47.5 Å². The molecule has 0 saturated carbocycles. The molecular formula is C19H27N3O3. The number of nitrogens with zero attached hydrogens (tertiary/aromatic N) is 2. The first-order valence-corrected chi connectivity index (χ1v) is 8.63. The van der Waals surface area contributed by atoms with Crippen molar-refractivity contribution in [3.8, 4) is 0 Å². The normalized spacial score (nSPS) is 21.6. The van der Waals surface area contributed by atoms with Gasteiger partial charge in [0.1, 0.15) is 5.60 Å². The molecule has 1 fully saturated rings. The number of carbonyl (C=O) groups is 1. The van der Waals surface area contributed by atoms with E-state index in [1.54, 1.807) is 26.1 Å². The van der Waals surface area contributed by atoms with Crippen LogP contribution in [0.25, 0.3) is 10.9 Å². The fourth-order valence-electron chi connectivity index (χ4n) is 3.53. The lowest BCUT2D eigenvalue weighted by atomic mass is 9.96. The van der Waals surface area contributed by atoms with Crippen LogP contribution in [-0.2, 0) is 20.8 Å². The highest BCUT2D eigenvalue weighted by Crippen LogP contribution is 2.26. The summed E-state index contributed by atoms with van der Waals surface area (Å²) in [5, 5.41) is 1.25. The maximum atomic E-state index is 12.3. The first-order valence-electron chi connectivity index (χ1n) is 8.63. The molecule has 6 heteroatoms. The molecule has 136 valence electrons. The third kappa shape index (κ3) is 4.03. The molecule has 0 spiro atoms. The van der Waals surface area contributed by atoms with E-state index in [1.165, 1.54) is 10.9 Å². The summed E-state index contributed by atoms with van der Waals surface area (Å²) >= 11 is 0. The highest BCUT2D eigenvalue weighted by Gasteiger charge is 2.39. The van der Waals surface area contributed by atoms with Crippen molar-refractivity contribution in [1.29, 1.82) is 0 Å². The second-order valence-corrected chi connectivity index (χ2v) is 7.00. The Morgan fingerprint density at radius 1 is 1.40 bits per heavy atom. The van der Waals surface area contributed by atoms with Gasteiger partial charge in [-0.05, 0) is 17.7 Å². The van der Waals surface area contributed by atoms with Crippen LogP contribution in [0, 0.1) is 0 Å². The summed E-state index contributed by atoms with van der Waals surface area (Å²) in [6.07, 6.45) is 2.30. The minimum absolute atomic E-state index is 0.0617. The Morgan fingerprint density at radius 2 is 2.24 bits per heavy atom. The Labute approximate surface area is 148 Å². The molecule has 1 amide bonds. The summed E-state index contributed by atoms with van der Waals surface area (Å²) in [5.41, 5.74) is 1.85. The number of hydrogen-bond acceptors (Lipinski definition) is 4. The largest absolute Gasteiger partial charge is 0.382 e. The van der Waals surface area contributed by atoms with Gasteiger partial charge in [-0.1, -0.05) is 12.1 Å². The maximum absolute atomic E-state index is 12.3. The van der Waals surface area contributed by atoms with Crippen molar-refractivity contribution >= 4 is 16.8 Å². The molecule has 1 aromatic carbocycles. The first-order chi connectivity index (χ1) is 12.0. The number of aromatic nitrogens is 1. The van der Waals surface area contributed by atoms with Crippen LogP contribution >= 0.6 is 0 Å². The predicted octanol–water partition coefficient (Wildman–Crippen LogP) is 1.86. The number of aromatic amines is 1. The van der Waals surface area contributed by atoms with Crippen LogP contribution in [0.2, 0.25) is 0 Å². The Balaban J connectivity index is 1.76. The Bertz CT molecular complexity index is 724. The lowest BCUT2D eigenvalue weighted by Crippen LogP contribution is -2.55. The fourth-order valence-corrected chi connectivity index (χ4v) is 3.53. The number of hydrogen-bond donors (Lipinski definition) is 1. The Kier molecular flexibility index (Phi) is 5.42. The average Bonchev–Trinajstić information content (AvgIpc) is 3.05. The minimum Gasteiger partial charge on any atom is -0.382 e. The number of fused-ring (bicyclic) bond motifs is 1. The molecule has 3 rings (SSSR count). The van der Waals surface area contributed by atoms with Crippen molar-refractivity contribution in [2.45, 2.75) is 18.6 Å². The molecular weight excluding hydrogens is 318 g/mol. The summed E-state index contributed by atoms with van der Waals surface area (Å²) in [4.78, 5) is 19.5. The van der Waals surface area contributed by atoms with Gasteiger partial charge in [0.25, 0.3) is 0 Å². The van der Waals surface area contributed by atoms with Gasteiger partial charge in [0.05, 0.1) is 19.6 Å². The maximum Gasteiger partial charge on any atom is 0.225 e. The highest BCUT2D eigenvalue weighted by molar-refractivity contribution is 5.82. The zero-order valence-electron chi connectivity index (χ0n) is 15.2. The summed E-state index contributed by atoms with van der Waals surface area (Å²) in [6, 6.07) is 8.44. The number of rotatable bonds is 6. The van der Waals surface area contributed by atoms with Gasteiger partial charge < -0.3 is 19.4 Å². The molecule has 25 heavy (non-hydrogen) atoms. The monoisotopic (exact) mass is 345 g/mol. The molecule has 2 aromatic rings. The van der Waals surface area contributed by atoms with E-state index in [4.69, 9.17) is 9.47 Å². The van der Waals surface area contributed by atoms with Crippen LogP contribution in [-0.4, -0.2) is 73.8 Å². The van der Waals surface area contributed by atoms with E-state index in [-0.39, 0.29) is 5.91 Å². The molecule has 1 aromatic heterocycles. The van der Waals surface area contributed by atoms with Crippen molar-refractivity contribution in [3.05, 3.63) is 36.0 Å². The van der Waals surface area contributed by atoms with Crippen LogP contribution in [0.4, 0.5) is 0 Å². The van der Waals surface area contributed by atoms with E-state index in [2.05, 4.69) is 34.1 Å². The topological polar surface area (TPSA) is 57.8 Å². The van der Waals surface area contributed by atoms with Crippen molar-refractivity contribution in [2.24, 2.45) is 0 Å². The molecule has 1 atom stereocenters. The molecule has 1 aliphatic heterocycles. The van der Waals surface area contributed by atoms with E-state index < -0.39 is 5.60 Å². The summed E-state index contributed by atoms with van der Waals surface area (Å²) in [5.74, 6) is 0.0617. The lowest BCUT2D eigenvalue weighted by molar-refractivity contribution is -0.160. The molecule has 0 bridgehead atoms. The number of morpholine rings is 1. The third-order valence-electron chi connectivity index (χ3n) is 4.79. The quantitative estimate of drug-likeness (QED) is 0.868. The lowest BCUT2D eigenvalue weighted by Gasteiger charge is -2.42. The first kappa shape index (κ1) is 17.9. The molecule has 2 heterocycles. The van der Waals surface area contributed by atoms with Crippen LogP contribution < -0.4 is 0 Å². The van der Waals surface area contributed by atoms with Gasteiger partial charge in [0.15, 0.2) is 0 Å². The van der Waals surface area contributed by atoms with Crippen LogP contribution in [0.1, 0.15) is 12.0 Å². The minimum atomic E-state index is -0.583. The number of nitrogens with one attached hydrogen (secondary N) is 1. The number of H-pyrrole nitrogens is 1. The highest BCUT2D eigenvalue weighted by atomic mass is 16.5. The summed E-state index contributed by atoms with van der Waals surface area (Å²) in [6.45, 7) is 3.38. The molecule has 0 aliphatic carbocycles. The van der Waals surface area contributed by atoms with Crippen LogP contribution in [0.3, 0.4) is 0 Å². The molecule has 1 saturated heterocycles. The summed E-state index contributed by atoms with van der Waals surface area (Å²) in [7, 11) is 5.21. The second-order valence-electron chi connectivity index (χ2n) is 7.00. The molecule has 6 nitrogen and oxygen atoms in total. The third-order valence-corrected chi connectivity index (χ3v) is 4.79. The van der Waals surface area contributed by atoms with Gasteiger partial charge in [-0.3, -0.25) is 9.69 Å². The number of methoxy groups -OCH3 is 1. The smallest absolute Gasteiger partial charge is 0.225 e. The zero-order chi connectivity index (χ0) is 17.9. The molecule has 0 unspecified atom stereocenters. The zero-order valence-corrected chi connectivity index (χ0v) is 15.2. The number of ether oxygens (including phenoxy) is 2. The van der Waals surface area contributed by atoms with Gasteiger partial charge in [-0.2, -0.15) is 0 Å². The van der Waals surface area contributed by atoms with E-state index in [0.29, 0.717) is 26.2 Å². The van der Waals surface area contributed by atoms with Crippen molar-refractivity contribution in [3.63, 3.8) is 0 Å². The molecule has 1 aliphatic rings. The standard InChI is InChI=1S/C19H27N3O3/c1-21(2)18(23)11-19(14-24-3)13-22(9-10-25-19)12-15-5-4-6-17-16(15)7-8-20-17/h4-8,20H,9-14H2,1-3H3/t19-/m0/s1. The van der Waals surface area contributed by atoms with Crippen LogP contribution in [0.5, 0.6) is 0 Å². The SMILES string of the molecule is COC[C@]1(CC(=O)N(C)C)CN(Cc2cccc3[nH]ccc23)CCO1.